The number of amides is 2. The highest BCUT2D eigenvalue weighted by Crippen LogP contribution is 2.50. The van der Waals surface area contributed by atoms with Gasteiger partial charge in [0.1, 0.15) is 11.2 Å². The number of nitrogens with one attached hydrogen (secondary N) is 1. The van der Waals surface area contributed by atoms with Gasteiger partial charge in [0.25, 0.3) is 0 Å². The molecule has 1 aliphatic heterocycles. The number of carbonyl (C=O) groups excluding carboxylic acids is 2. The molecule has 2 amide bonds. The van der Waals surface area contributed by atoms with E-state index >= 15 is 0 Å². The molecule has 134 valence electrons. The smallest absolute Gasteiger partial charge is 0.242 e. The monoisotopic (exact) mass is 352 g/mol. The van der Waals surface area contributed by atoms with Crippen LogP contribution in [0.25, 0.3) is 0 Å². The molecule has 1 atom stereocenters. The van der Waals surface area contributed by atoms with Gasteiger partial charge in [-0.15, -0.1) is 0 Å². The minimum absolute atomic E-state index is 0.0577. The zero-order chi connectivity index (χ0) is 18.3. The molecule has 4 nitrogen and oxygen atoms in total. The molecule has 0 spiro atoms. The summed E-state index contributed by atoms with van der Waals surface area (Å²) in [6.45, 7) is 2.31. The Morgan fingerprint density at radius 1 is 1.15 bits per heavy atom. The van der Waals surface area contributed by atoms with Crippen molar-refractivity contribution in [1.29, 1.82) is 0 Å². The fourth-order valence-electron chi connectivity index (χ4n) is 3.72. The first-order valence-corrected chi connectivity index (χ1v) is 8.95. The molecule has 0 aromatic heterocycles. The van der Waals surface area contributed by atoms with Crippen molar-refractivity contribution in [3.8, 4) is 0 Å². The Balaban J connectivity index is 1.49. The lowest BCUT2D eigenvalue weighted by molar-refractivity contribution is -0.136. The third-order valence-electron chi connectivity index (χ3n) is 5.39. The van der Waals surface area contributed by atoms with Gasteiger partial charge in [0.15, 0.2) is 0 Å². The highest BCUT2D eigenvalue weighted by molar-refractivity contribution is 6.14. The van der Waals surface area contributed by atoms with Crippen LogP contribution in [0.4, 0.5) is 10.1 Å². The largest absolute Gasteiger partial charge is 0.351 e. The zero-order valence-electron chi connectivity index (χ0n) is 14.7. The van der Waals surface area contributed by atoms with Crippen molar-refractivity contribution < 1.29 is 14.0 Å². The summed E-state index contributed by atoms with van der Waals surface area (Å²) in [5, 5.41) is 2.86. The van der Waals surface area contributed by atoms with Crippen molar-refractivity contribution in [2.24, 2.45) is 5.41 Å². The third-order valence-corrected chi connectivity index (χ3v) is 5.39. The average Bonchev–Trinajstić information content (AvgIpc) is 3.38. The molecule has 1 saturated carbocycles. The number of benzene rings is 2. The van der Waals surface area contributed by atoms with Crippen LogP contribution in [0.15, 0.2) is 48.5 Å². The number of fused-ring (bicyclic) bond motifs is 1. The molecule has 2 aliphatic rings. The molecule has 2 aromatic rings. The molecule has 2 aromatic carbocycles. The summed E-state index contributed by atoms with van der Waals surface area (Å²) in [6, 6.07) is 13.9. The van der Waals surface area contributed by atoms with Gasteiger partial charge in [-0.2, -0.15) is 0 Å². The van der Waals surface area contributed by atoms with Crippen molar-refractivity contribution in [2.45, 2.75) is 38.8 Å². The lowest BCUT2D eigenvalue weighted by Crippen LogP contribution is -2.47. The van der Waals surface area contributed by atoms with Crippen LogP contribution in [0.3, 0.4) is 0 Å². The maximum atomic E-state index is 13.2. The van der Waals surface area contributed by atoms with Gasteiger partial charge in [0.05, 0.1) is 0 Å². The molecule has 1 N–H and O–H groups in total. The van der Waals surface area contributed by atoms with Gasteiger partial charge in [0.2, 0.25) is 11.8 Å². The number of rotatable bonds is 4. The van der Waals surface area contributed by atoms with E-state index in [0.717, 1.165) is 23.2 Å². The first-order chi connectivity index (χ1) is 12.5. The van der Waals surface area contributed by atoms with E-state index in [2.05, 4.69) is 5.32 Å². The van der Waals surface area contributed by atoms with Crippen molar-refractivity contribution in [1.82, 2.24) is 5.32 Å². The minimum Gasteiger partial charge on any atom is -0.351 e. The molecule has 0 saturated heterocycles. The second-order valence-electron chi connectivity index (χ2n) is 7.25. The van der Waals surface area contributed by atoms with Gasteiger partial charge < -0.3 is 10.2 Å². The predicted octanol–water partition coefficient (Wildman–Crippen LogP) is 3.20. The average molecular weight is 352 g/mol. The van der Waals surface area contributed by atoms with Gasteiger partial charge in [-0.05, 0) is 55.5 Å². The quantitative estimate of drug-likeness (QED) is 0.859. The molecule has 4 rings (SSSR count). The fraction of sp³-hybridized carbons (Fsp3) is 0.333. The van der Waals surface area contributed by atoms with Crippen LogP contribution in [-0.2, 0) is 22.6 Å². The van der Waals surface area contributed by atoms with E-state index in [1.165, 1.54) is 12.1 Å². The Hall–Kier alpha value is -2.69. The molecule has 1 fully saturated rings. The summed E-state index contributed by atoms with van der Waals surface area (Å²) < 4.78 is 13.0. The van der Waals surface area contributed by atoms with Crippen LogP contribution in [0.1, 0.15) is 30.9 Å². The van der Waals surface area contributed by atoms with Crippen LogP contribution < -0.4 is 10.2 Å². The van der Waals surface area contributed by atoms with Crippen molar-refractivity contribution in [2.75, 3.05) is 4.90 Å². The highest BCUT2D eigenvalue weighted by atomic mass is 19.1. The summed E-state index contributed by atoms with van der Waals surface area (Å²) in [4.78, 5) is 27.8. The second kappa shape index (κ2) is 6.24. The van der Waals surface area contributed by atoms with E-state index in [-0.39, 0.29) is 23.7 Å². The van der Waals surface area contributed by atoms with Gasteiger partial charge >= 0.3 is 0 Å². The van der Waals surface area contributed by atoms with Gasteiger partial charge in [-0.25, -0.2) is 4.39 Å². The SMILES string of the molecule is CC1Cc2ccccc2N1C(=O)C1(C(=O)NCc2ccc(F)cc2)CC1. The van der Waals surface area contributed by atoms with Crippen LogP contribution in [0, 0.1) is 11.2 Å². The number of hydrogen-bond donors (Lipinski definition) is 1. The summed E-state index contributed by atoms with van der Waals surface area (Å²) >= 11 is 0. The topological polar surface area (TPSA) is 49.4 Å². The van der Waals surface area contributed by atoms with Gasteiger partial charge in [0, 0.05) is 18.3 Å². The Morgan fingerprint density at radius 3 is 2.54 bits per heavy atom. The number of halogens is 1. The molecular weight excluding hydrogens is 331 g/mol. The molecule has 5 heteroatoms. The number of para-hydroxylation sites is 1. The van der Waals surface area contributed by atoms with E-state index in [1.807, 2.05) is 31.2 Å². The molecule has 26 heavy (non-hydrogen) atoms. The Labute approximate surface area is 152 Å². The fourth-order valence-corrected chi connectivity index (χ4v) is 3.72. The molecular formula is C21H21FN2O2. The second-order valence-corrected chi connectivity index (χ2v) is 7.25. The van der Waals surface area contributed by atoms with Crippen molar-refractivity contribution in [3.63, 3.8) is 0 Å². The summed E-state index contributed by atoms with van der Waals surface area (Å²) in [7, 11) is 0. The van der Waals surface area contributed by atoms with Gasteiger partial charge in [-0.1, -0.05) is 30.3 Å². The number of hydrogen-bond acceptors (Lipinski definition) is 2. The van der Waals surface area contributed by atoms with E-state index in [4.69, 9.17) is 0 Å². The Bertz CT molecular complexity index is 859. The van der Waals surface area contributed by atoms with Crippen molar-refractivity contribution in [3.05, 3.63) is 65.5 Å². The lowest BCUT2D eigenvalue weighted by Gasteiger charge is -2.27. The Morgan fingerprint density at radius 2 is 1.85 bits per heavy atom. The lowest BCUT2D eigenvalue weighted by atomic mass is 10.0. The number of anilines is 1. The van der Waals surface area contributed by atoms with Crippen LogP contribution in [0.2, 0.25) is 0 Å². The van der Waals surface area contributed by atoms with Crippen molar-refractivity contribution >= 4 is 17.5 Å². The standard InChI is InChI=1S/C21H21FN2O2/c1-14-12-16-4-2-3-5-18(16)24(14)20(26)21(10-11-21)19(25)23-13-15-6-8-17(22)9-7-15/h2-9,14H,10-13H2,1H3,(H,23,25). The van der Waals surface area contributed by atoms with Gasteiger partial charge in [-0.3, -0.25) is 9.59 Å². The van der Waals surface area contributed by atoms with E-state index in [0.29, 0.717) is 19.4 Å². The highest BCUT2D eigenvalue weighted by Gasteiger charge is 2.59. The number of carbonyl (C=O) groups is 2. The summed E-state index contributed by atoms with van der Waals surface area (Å²) in [6.07, 6.45) is 1.97. The van der Waals surface area contributed by atoms with Crippen LogP contribution >= 0.6 is 0 Å². The number of nitrogens with zero attached hydrogens (tertiary/aromatic N) is 1. The third kappa shape index (κ3) is 2.77. The maximum absolute atomic E-state index is 13.2. The molecule has 1 unspecified atom stereocenters. The summed E-state index contributed by atoms with van der Waals surface area (Å²) in [5.74, 6) is -0.648. The molecule has 1 heterocycles. The molecule has 1 aliphatic carbocycles. The van der Waals surface area contributed by atoms with E-state index in [9.17, 15) is 14.0 Å². The minimum atomic E-state index is -0.953. The molecule has 0 bridgehead atoms. The maximum Gasteiger partial charge on any atom is 0.242 e. The normalized spacial score (nSPS) is 19.8. The zero-order valence-corrected chi connectivity index (χ0v) is 14.7. The first kappa shape index (κ1) is 16.8. The summed E-state index contributed by atoms with van der Waals surface area (Å²) in [5.41, 5.74) is 1.92. The first-order valence-electron chi connectivity index (χ1n) is 8.95. The van der Waals surface area contributed by atoms with E-state index < -0.39 is 5.41 Å². The van der Waals surface area contributed by atoms with E-state index in [1.54, 1.807) is 17.0 Å². The Kier molecular flexibility index (Phi) is 4.02. The van der Waals surface area contributed by atoms with Crippen LogP contribution in [-0.4, -0.2) is 17.9 Å². The molecule has 0 radical (unpaired) electrons. The predicted molar refractivity (Wildman–Crippen MR) is 97.0 cm³/mol. The van der Waals surface area contributed by atoms with Crippen LogP contribution in [0.5, 0.6) is 0 Å².